The number of nitrogens with zero attached hydrogens (tertiary/aromatic N) is 2. The number of morpholine rings is 1. The zero-order valence-electron chi connectivity index (χ0n) is 12.0. The van der Waals surface area contributed by atoms with Gasteiger partial charge in [0.15, 0.2) is 0 Å². The Morgan fingerprint density at radius 3 is 2.61 bits per heavy atom. The maximum atomic E-state index is 5.89. The molecule has 2 rings (SSSR count). The average molecular weight is 255 g/mol. The van der Waals surface area contributed by atoms with Gasteiger partial charge in [-0.25, -0.2) is 0 Å². The number of ether oxygens (including phenoxy) is 1. The third-order valence-corrected chi connectivity index (χ3v) is 4.33. The second-order valence-electron chi connectivity index (χ2n) is 5.69. The van der Waals surface area contributed by atoms with E-state index in [1.54, 1.807) is 0 Å². The predicted molar refractivity (Wildman–Crippen MR) is 74.9 cm³/mol. The zero-order valence-corrected chi connectivity index (χ0v) is 12.0. The summed E-state index contributed by atoms with van der Waals surface area (Å²) in [6, 6.07) is 0. The van der Waals surface area contributed by atoms with Gasteiger partial charge in [-0.1, -0.05) is 6.92 Å². The van der Waals surface area contributed by atoms with Crippen LogP contribution in [-0.2, 0) is 4.74 Å². The average Bonchev–Trinajstić information content (AvgIpc) is 2.42. The SMILES string of the molecule is CCN1CCOC(CN2CCC(CNC)CC2)C1. The van der Waals surface area contributed by atoms with Crippen LogP contribution in [0.5, 0.6) is 0 Å². The molecule has 0 amide bonds. The number of likely N-dealkylation sites (tertiary alicyclic amines) is 1. The molecule has 2 fully saturated rings. The molecule has 0 bridgehead atoms. The second kappa shape index (κ2) is 7.43. The maximum Gasteiger partial charge on any atom is 0.0829 e. The monoisotopic (exact) mass is 255 g/mol. The number of hydrogen-bond acceptors (Lipinski definition) is 4. The molecule has 1 N–H and O–H groups in total. The fourth-order valence-electron chi connectivity index (χ4n) is 3.13. The van der Waals surface area contributed by atoms with Crippen molar-refractivity contribution >= 4 is 0 Å². The quantitative estimate of drug-likeness (QED) is 0.780. The van der Waals surface area contributed by atoms with Gasteiger partial charge in [0.1, 0.15) is 0 Å². The van der Waals surface area contributed by atoms with Crippen LogP contribution in [0.25, 0.3) is 0 Å². The molecule has 0 aromatic rings. The van der Waals surface area contributed by atoms with Gasteiger partial charge in [0.25, 0.3) is 0 Å². The van der Waals surface area contributed by atoms with Crippen molar-refractivity contribution in [3.63, 3.8) is 0 Å². The van der Waals surface area contributed by atoms with Crippen LogP contribution in [0.1, 0.15) is 19.8 Å². The molecule has 0 aromatic heterocycles. The highest BCUT2D eigenvalue weighted by molar-refractivity contribution is 4.78. The number of hydrogen-bond donors (Lipinski definition) is 1. The summed E-state index contributed by atoms with van der Waals surface area (Å²) in [4.78, 5) is 5.10. The Hall–Kier alpha value is -0.160. The van der Waals surface area contributed by atoms with E-state index in [0.29, 0.717) is 6.10 Å². The van der Waals surface area contributed by atoms with Gasteiger partial charge in [-0.2, -0.15) is 0 Å². The minimum atomic E-state index is 0.430. The van der Waals surface area contributed by atoms with E-state index in [0.717, 1.165) is 38.7 Å². The first-order valence-electron chi connectivity index (χ1n) is 7.52. The summed E-state index contributed by atoms with van der Waals surface area (Å²) in [5.41, 5.74) is 0. The first kappa shape index (κ1) is 14.3. The molecule has 1 unspecified atom stereocenters. The molecular formula is C14H29N3O. The van der Waals surface area contributed by atoms with Gasteiger partial charge in [0.2, 0.25) is 0 Å². The first-order valence-corrected chi connectivity index (χ1v) is 7.52. The van der Waals surface area contributed by atoms with Crippen molar-refractivity contribution in [2.75, 3.05) is 59.5 Å². The lowest BCUT2D eigenvalue weighted by atomic mass is 9.96. The molecular weight excluding hydrogens is 226 g/mol. The first-order chi connectivity index (χ1) is 8.81. The lowest BCUT2D eigenvalue weighted by molar-refractivity contribution is -0.0452. The van der Waals surface area contributed by atoms with Gasteiger partial charge >= 0.3 is 0 Å². The molecule has 0 aromatic carbocycles. The standard InChI is InChI=1S/C14H29N3O/c1-3-16-8-9-18-14(11-16)12-17-6-4-13(5-7-17)10-15-2/h13-15H,3-12H2,1-2H3. The van der Waals surface area contributed by atoms with E-state index in [4.69, 9.17) is 4.74 Å². The van der Waals surface area contributed by atoms with E-state index >= 15 is 0 Å². The van der Waals surface area contributed by atoms with Crippen LogP contribution < -0.4 is 5.32 Å². The highest BCUT2D eigenvalue weighted by Gasteiger charge is 2.24. The second-order valence-corrected chi connectivity index (χ2v) is 5.69. The van der Waals surface area contributed by atoms with Crippen molar-refractivity contribution in [3.8, 4) is 0 Å². The Morgan fingerprint density at radius 2 is 1.94 bits per heavy atom. The summed E-state index contributed by atoms with van der Waals surface area (Å²) >= 11 is 0. The molecule has 2 aliphatic heterocycles. The van der Waals surface area contributed by atoms with Gasteiger partial charge in [-0.05, 0) is 52.0 Å². The smallest absolute Gasteiger partial charge is 0.0829 e. The molecule has 0 saturated carbocycles. The molecule has 4 heteroatoms. The minimum Gasteiger partial charge on any atom is -0.374 e. The van der Waals surface area contributed by atoms with Crippen LogP contribution >= 0.6 is 0 Å². The van der Waals surface area contributed by atoms with Crippen molar-refractivity contribution in [1.29, 1.82) is 0 Å². The zero-order chi connectivity index (χ0) is 12.8. The van der Waals surface area contributed by atoms with Gasteiger partial charge in [0, 0.05) is 19.6 Å². The van der Waals surface area contributed by atoms with Gasteiger partial charge in [-0.3, -0.25) is 4.90 Å². The van der Waals surface area contributed by atoms with E-state index in [2.05, 4.69) is 29.1 Å². The molecule has 4 nitrogen and oxygen atoms in total. The summed E-state index contributed by atoms with van der Waals surface area (Å²) in [5.74, 6) is 0.880. The number of likely N-dealkylation sites (N-methyl/N-ethyl adjacent to an activating group) is 1. The third-order valence-electron chi connectivity index (χ3n) is 4.33. The number of nitrogens with one attached hydrogen (secondary N) is 1. The Morgan fingerprint density at radius 1 is 1.17 bits per heavy atom. The number of rotatable bonds is 5. The number of piperidine rings is 1. The van der Waals surface area contributed by atoms with E-state index in [-0.39, 0.29) is 0 Å². The molecule has 2 aliphatic rings. The lowest BCUT2D eigenvalue weighted by Gasteiger charge is -2.38. The van der Waals surface area contributed by atoms with Crippen molar-refractivity contribution in [2.45, 2.75) is 25.9 Å². The fraction of sp³-hybridized carbons (Fsp3) is 1.00. The van der Waals surface area contributed by atoms with Crippen LogP contribution in [0.15, 0.2) is 0 Å². The topological polar surface area (TPSA) is 27.7 Å². The molecule has 1 atom stereocenters. The van der Waals surface area contributed by atoms with E-state index < -0.39 is 0 Å². The van der Waals surface area contributed by atoms with E-state index in [1.165, 1.54) is 32.5 Å². The summed E-state index contributed by atoms with van der Waals surface area (Å²) < 4.78 is 5.89. The fourth-order valence-corrected chi connectivity index (χ4v) is 3.13. The lowest BCUT2D eigenvalue weighted by Crippen LogP contribution is -2.49. The van der Waals surface area contributed by atoms with E-state index in [9.17, 15) is 0 Å². The van der Waals surface area contributed by atoms with Crippen molar-refractivity contribution < 1.29 is 4.74 Å². The Bertz CT molecular complexity index is 229. The molecule has 2 saturated heterocycles. The molecule has 106 valence electrons. The summed E-state index contributed by atoms with van der Waals surface area (Å²) in [6.45, 7) is 11.3. The Balaban J connectivity index is 1.67. The summed E-state index contributed by atoms with van der Waals surface area (Å²) in [6.07, 6.45) is 3.11. The minimum absolute atomic E-state index is 0.430. The van der Waals surface area contributed by atoms with Crippen LogP contribution in [0.2, 0.25) is 0 Å². The van der Waals surface area contributed by atoms with Gasteiger partial charge in [-0.15, -0.1) is 0 Å². The highest BCUT2D eigenvalue weighted by atomic mass is 16.5. The van der Waals surface area contributed by atoms with Gasteiger partial charge in [0.05, 0.1) is 12.7 Å². The van der Waals surface area contributed by atoms with Crippen molar-refractivity contribution in [3.05, 3.63) is 0 Å². The Kier molecular flexibility index (Phi) is 5.89. The van der Waals surface area contributed by atoms with Crippen LogP contribution in [0.3, 0.4) is 0 Å². The normalized spacial score (nSPS) is 28.7. The van der Waals surface area contributed by atoms with Gasteiger partial charge < -0.3 is 15.0 Å². The Labute approximate surface area is 112 Å². The summed E-state index contributed by atoms with van der Waals surface area (Å²) in [5, 5.41) is 3.30. The maximum absolute atomic E-state index is 5.89. The van der Waals surface area contributed by atoms with Crippen LogP contribution in [0.4, 0.5) is 0 Å². The van der Waals surface area contributed by atoms with Crippen molar-refractivity contribution in [1.82, 2.24) is 15.1 Å². The predicted octanol–water partition coefficient (Wildman–Crippen LogP) is 0.639. The van der Waals surface area contributed by atoms with Crippen molar-refractivity contribution in [2.24, 2.45) is 5.92 Å². The largest absolute Gasteiger partial charge is 0.374 e. The molecule has 0 radical (unpaired) electrons. The molecule has 18 heavy (non-hydrogen) atoms. The van der Waals surface area contributed by atoms with Crippen LogP contribution in [-0.4, -0.2) is 75.4 Å². The highest BCUT2D eigenvalue weighted by Crippen LogP contribution is 2.17. The van der Waals surface area contributed by atoms with E-state index in [1.807, 2.05) is 0 Å². The van der Waals surface area contributed by atoms with Crippen LogP contribution in [0, 0.1) is 5.92 Å². The molecule has 2 heterocycles. The third kappa shape index (κ3) is 4.19. The molecule has 0 spiro atoms. The molecule has 0 aliphatic carbocycles. The summed E-state index contributed by atoms with van der Waals surface area (Å²) in [7, 11) is 2.06.